The number of hydrogen-bond acceptors (Lipinski definition) is 2. The van der Waals surface area contributed by atoms with E-state index < -0.39 is 0 Å². The van der Waals surface area contributed by atoms with Crippen molar-refractivity contribution in [2.45, 2.75) is 19.9 Å². The second-order valence-corrected chi connectivity index (χ2v) is 6.36. The zero-order chi connectivity index (χ0) is 15.0. The molecule has 0 amide bonds. The first-order valence-corrected chi connectivity index (χ1v) is 7.31. The van der Waals surface area contributed by atoms with Crippen molar-refractivity contribution in [1.82, 2.24) is 0 Å². The normalized spacial score (nSPS) is 13.7. The molecule has 0 fully saturated rings. The van der Waals surface area contributed by atoms with E-state index in [2.05, 4.69) is 30.3 Å². The van der Waals surface area contributed by atoms with Crippen LogP contribution in [0, 0.1) is 5.41 Å². The van der Waals surface area contributed by atoms with Crippen molar-refractivity contribution in [3.8, 4) is 0 Å². The van der Waals surface area contributed by atoms with Gasteiger partial charge in [-0.15, -0.1) is 0 Å². The number of aliphatic hydroxyl groups excluding tert-OH is 1. The Morgan fingerprint density at radius 1 is 0.952 bits per heavy atom. The summed E-state index contributed by atoms with van der Waals surface area (Å²) in [6.07, 6.45) is 0. The van der Waals surface area contributed by atoms with Gasteiger partial charge in [0.05, 0.1) is 0 Å². The Hall–Kier alpha value is -1.90. The highest BCUT2D eigenvalue weighted by Gasteiger charge is 2.29. The Balaban J connectivity index is 2.40. The summed E-state index contributed by atoms with van der Waals surface area (Å²) in [6.45, 7) is 4.08. The van der Waals surface area contributed by atoms with E-state index in [0.717, 1.165) is 5.56 Å². The zero-order valence-electron chi connectivity index (χ0n) is 12.5. The van der Waals surface area contributed by atoms with Gasteiger partial charge in [-0.05, 0) is 33.2 Å². The number of nitrogens with two attached hydrogens (primary N) is 1. The molecule has 0 aliphatic carbocycles. The number of fused-ring (bicyclic) bond motifs is 2. The van der Waals surface area contributed by atoms with Crippen LogP contribution in [0.3, 0.4) is 0 Å². The monoisotopic (exact) mass is 279 g/mol. The predicted octanol–water partition coefficient (Wildman–Crippen LogP) is 4.01. The van der Waals surface area contributed by atoms with Crippen molar-refractivity contribution in [3.05, 3.63) is 60.2 Å². The second-order valence-electron chi connectivity index (χ2n) is 6.36. The van der Waals surface area contributed by atoms with Crippen LogP contribution in [-0.4, -0.2) is 11.7 Å². The molecule has 108 valence electrons. The molecule has 1 atom stereocenters. The molecule has 0 bridgehead atoms. The van der Waals surface area contributed by atoms with Gasteiger partial charge in [0.15, 0.2) is 0 Å². The molecule has 3 N–H and O–H groups in total. The maximum atomic E-state index is 9.69. The summed E-state index contributed by atoms with van der Waals surface area (Å²) in [7, 11) is 0. The van der Waals surface area contributed by atoms with Gasteiger partial charge in [-0.3, -0.25) is 0 Å². The summed E-state index contributed by atoms with van der Waals surface area (Å²) in [5, 5.41) is 14.4. The average Bonchev–Trinajstić information content (AvgIpc) is 2.51. The minimum atomic E-state index is -0.368. The van der Waals surface area contributed by atoms with E-state index >= 15 is 0 Å². The fourth-order valence-electron chi connectivity index (χ4n) is 2.87. The Labute approximate surface area is 125 Å². The van der Waals surface area contributed by atoms with E-state index in [0.29, 0.717) is 0 Å². The lowest BCUT2D eigenvalue weighted by Gasteiger charge is -2.31. The molecule has 0 heterocycles. The topological polar surface area (TPSA) is 46.2 Å². The summed E-state index contributed by atoms with van der Waals surface area (Å²) in [6, 6.07) is 18.6. The quantitative estimate of drug-likeness (QED) is 0.711. The molecular formula is C19H21NO. The van der Waals surface area contributed by atoms with Gasteiger partial charge in [0.2, 0.25) is 0 Å². The maximum Gasteiger partial charge on any atom is 0.0500 e. The first-order valence-electron chi connectivity index (χ1n) is 7.31. The molecular weight excluding hydrogens is 258 g/mol. The van der Waals surface area contributed by atoms with Crippen LogP contribution < -0.4 is 5.73 Å². The lowest BCUT2D eigenvalue weighted by atomic mass is 9.78. The van der Waals surface area contributed by atoms with Gasteiger partial charge in [0.25, 0.3) is 0 Å². The van der Waals surface area contributed by atoms with Crippen LogP contribution in [-0.2, 0) is 0 Å². The van der Waals surface area contributed by atoms with Gasteiger partial charge in [0.1, 0.15) is 0 Å². The highest BCUT2D eigenvalue weighted by atomic mass is 16.3. The number of benzene rings is 3. The van der Waals surface area contributed by atoms with Crippen molar-refractivity contribution in [2.75, 3.05) is 6.61 Å². The third-order valence-electron chi connectivity index (χ3n) is 4.37. The van der Waals surface area contributed by atoms with Crippen molar-refractivity contribution in [3.63, 3.8) is 0 Å². The molecule has 3 rings (SSSR count). The van der Waals surface area contributed by atoms with Crippen molar-refractivity contribution >= 4 is 21.5 Å². The van der Waals surface area contributed by atoms with Gasteiger partial charge in [0, 0.05) is 18.1 Å². The minimum absolute atomic E-state index is 0.0612. The first-order chi connectivity index (χ1) is 10.0. The fourth-order valence-corrected chi connectivity index (χ4v) is 2.87. The summed E-state index contributed by atoms with van der Waals surface area (Å²) in [4.78, 5) is 0. The van der Waals surface area contributed by atoms with Gasteiger partial charge in [-0.2, -0.15) is 0 Å². The lowest BCUT2D eigenvalue weighted by molar-refractivity contribution is 0.133. The number of aliphatic hydroxyl groups is 1. The summed E-state index contributed by atoms with van der Waals surface area (Å²) in [5.41, 5.74) is 7.31. The van der Waals surface area contributed by atoms with Crippen LogP contribution in [0.4, 0.5) is 0 Å². The van der Waals surface area contributed by atoms with E-state index in [9.17, 15) is 5.11 Å². The van der Waals surface area contributed by atoms with Crippen molar-refractivity contribution < 1.29 is 5.11 Å². The van der Waals surface area contributed by atoms with E-state index in [1.807, 2.05) is 38.1 Å². The molecule has 3 aromatic carbocycles. The maximum absolute atomic E-state index is 9.69. The van der Waals surface area contributed by atoms with Crippen LogP contribution in [0.25, 0.3) is 21.5 Å². The van der Waals surface area contributed by atoms with E-state index in [4.69, 9.17) is 5.73 Å². The van der Waals surface area contributed by atoms with E-state index in [1.165, 1.54) is 21.5 Å². The summed E-state index contributed by atoms with van der Waals surface area (Å²) in [5.74, 6) is 0. The molecule has 0 spiro atoms. The lowest BCUT2D eigenvalue weighted by Crippen LogP contribution is -2.32. The van der Waals surface area contributed by atoms with Gasteiger partial charge < -0.3 is 10.8 Å². The molecule has 0 saturated carbocycles. The SMILES string of the molecule is CC(C)(CO)[C@H](N)c1c2ccccc2cc2ccccc12. The molecule has 0 aliphatic rings. The van der Waals surface area contributed by atoms with Crippen LogP contribution >= 0.6 is 0 Å². The minimum Gasteiger partial charge on any atom is -0.396 e. The second kappa shape index (κ2) is 5.14. The van der Waals surface area contributed by atoms with Crippen LogP contribution in [0.2, 0.25) is 0 Å². The molecule has 2 nitrogen and oxygen atoms in total. The zero-order valence-corrected chi connectivity index (χ0v) is 12.5. The first kappa shape index (κ1) is 14.1. The highest BCUT2D eigenvalue weighted by Crippen LogP contribution is 2.39. The van der Waals surface area contributed by atoms with Crippen molar-refractivity contribution in [1.29, 1.82) is 0 Å². The van der Waals surface area contributed by atoms with Crippen LogP contribution in [0.5, 0.6) is 0 Å². The number of hydrogen-bond donors (Lipinski definition) is 2. The molecule has 21 heavy (non-hydrogen) atoms. The van der Waals surface area contributed by atoms with Gasteiger partial charge >= 0.3 is 0 Å². The smallest absolute Gasteiger partial charge is 0.0500 e. The standard InChI is InChI=1S/C19H21NO/c1-19(2,12-21)18(20)17-15-9-5-3-7-13(15)11-14-8-4-6-10-16(14)17/h3-11,18,21H,12,20H2,1-2H3/t18-/m1/s1. The highest BCUT2D eigenvalue weighted by molar-refractivity contribution is 6.02. The third-order valence-corrected chi connectivity index (χ3v) is 4.37. The third kappa shape index (κ3) is 2.31. The van der Waals surface area contributed by atoms with E-state index in [-0.39, 0.29) is 18.1 Å². The average molecular weight is 279 g/mol. The number of rotatable bonds is 3. The van der Waals surface area contributed by atoms with Crippen LogP contribution in [0.15, 0.2) is 54.6 Å². The molecule has 0 saturated heterocycles. The Morgan fingerprint density at radius 2 is 1.43 bits per heavy atom. The predicted molar refractivity (Wildman–Crippen MR) is 89.2 cm³/mol. The Kier molecular flexibility index (Phi) is 3.44. The molecule has 0 aliphatic heterocycles. The molecule has 0 aromatic heterocycles. The Bertz CT molecular complexity index is 738. The molecule has 2 heteroatoms. The Morgan fingerprint density at radius 3 is 1.90 bits per heavy atom. The molecule has 0 radical (unpaired) electrons. The van der Waals surface area contributed by atoms with E-state index in [1.54, 1.807) is 0 Å². The fraction of sp³-hybridized carbons (Fsp3) is 0.263. The summed E-state index contributed by atoms with van der Waals surface area (Å²) < 4.78 is 0. The van der Waals surface area contributed by atoms with Gasteiger partial charge in [-0.1, -0.05) is 62.4 Å². The summed E-state index contributed by atoms with van der Waals surface area (Å²) >= 11 is 0. The molecule has 0 unspecified atom stereocenters. The van der Waals surface area contributed by atoms with Gasteiger partial charge in [-0.25, -0.2) is 0 Å². The van der Waals surface area contributed by atoms with Crippen molar-refractivity contribution in [2.24, 2.45) is 11.1 Å². The largest absolute Gasteiger partial charge is 0.396 e. The van der Waals surface area contributed by atoms with Crippen LogP contribution in [0.1, 0.15) is 25.5 Å². The molecule has 3 aromatic rings.